The monoisotopic (exact) mass is 296 g/mol. The molecular weight excluding hydrogens is 284 g/mol. The molecule has 0 saturated carbocycles. The van der Waals surface area contributed by atoms with Crippen LogP contribution in [0, 0.1) is 6.92 Å². The first-order valence-electron chi connectivity index (χ1n) is 6.27. The molecule has 0 atom stereocenters. The number of carbonyl (C=O) groups excluding carboxylic acids is 1. The third kappa shape index (κ3) is 2.66. The van der Waals surface area contributed by atoms with Crippen LogP contribution in [0.3, 0.4) is 0 Å². The van der Waals surface area contributed by atoms with Gasteiger partial charge in [-0.1, -0.05) is 0 Å². The van der Waals surface area contributed by atoms with E-state index in [-0.39, 0.29) is 0 Å². The standard InChI is InChI=1S/C15H12N4OS/c1-9-4-10(7-17-6-9)13-5-11(14(16)20)12(8-19-13)15-18-2-3-21-15/h2-8H,1H3,(H2,16,20). The minimum atomic E-state index is -0.496. The van der Waals surface area contributed by atoms with Crippen LogP contribution in [0.15, 0.2) is 42.3 Å². The number of thiazole rings is 1. The van der Waals surface area contributed by atoms with Crippen molar-refractivity contribution >= 4 is 17.2 Å². The molecule has 0 aromatic carbocycles. The Bertz CT molecular complexity index is 799. The zero-order chi connectivity index (χ0) is 14.8. The second-order valence-corrected chi connectivity index (χ2v) is 5.46. The van der Waals surface area contributed by atoms with Crippen molar-refractivity contribution in [3.05, 3.63) is 53.4 Å². The highest BCUT2D eigenvalue weighted by molar-refractivity contribution is 7.13. The van der Waals surface area contributed by atoms with Crippen molar-refractivity contribution in [2.45, 2.75) is 6.92 Å². The van der Waals surface area contributed by atoms with E-state index in [1.165, 1.54) is 11.3 Å². The Morgan fingerprint density at radius 3 is 2.71 bits per heavy atom. The molecule has 0 aliphatic rings. The average molecular weight is 296 g/mol. The van der Waals surface area contributed by atoms with E-state index in [9.17, 15) is 4.79 Å². The molecule has 0 aliphatic heterocycles. The summed E-state index contributed by atoms with van der Waals surface area (Å²) in [6.07, 6.45) is 6.80. The summed E-state index contributed by atoms with van der Waals surface area (Å²) in [5.41, 5.74) is 9.10. The van der Waals surface area contributed by atoms with Gasteiger partial charge in [-0.3, -0.25) is 14.8 Å². The molecule has 5 nitrogen and oxygen atoms in total. The van der Waals surface area contributed by atoms with Crippen LogP contribution in [0.2, 0.25) is 0 Å². The van der Waals surface area contributed by atoms with E-state index in [0.717, 1.165) is 16.1 Å². The molecule has 3 rings (SSSR count). The van der Waals surface area contributed by atoms with E-state index < -0.39 is 5.91 Å². The first-order chi connectivity index (χ1) is 10.1. The van der Waals surface area contributed by atoms with Gasteiger partial charge in [0.1, 0.15) is 5.01 Å². The third-order valence-corrected chi connectivity index (χ3v) is 3.81. The maximum atomic E-state index is 11.7. The molecule has 104 valence electrons. The first kappa shape index (κ1) is 13.4. The van der Waals surface area contributed by atoms with Gasteiger partial charge in [0.05, 0.1) is 11.3 Å². The number of carbonyl (C=O) groups is 1. The lowest BCUT2D eigenvalue weighted by Crippen LogP contribution is -2.13. The lowest BCUT2D eigenvalue weighted by Gasteiger charge is -2.07. The van der Waals surface area contributed by atoms with Crippen LogP contribution in [-0.4, -0.2) is 20.9 Å². The Morgan fingerprint density at radius 2 is 2.05 bits per heavy atom. The maximum Gasteiger partial charge on any atom is 0.249 e. The molecule has 3 aromatic heterocycles. The van der Waals surface area contributed by atoms with E-state index in [1.54, 1.807) is 30.9 Å². The van der Waals surface area contributed by atoms with Crippen molar-refractivity contribution in [2.24, 2.45) is 5.73 Å². The van der Waals surface area contributed by atoms with Crippen LogP contribution < -0.4 is 5.73 Å². The summed E-state index contributed by atoms with van der Waals surface area (Å²) in [4.78, 5) is 24.5. The van der Waals surface area contributed by atoms with Crippen LogP contribution in [0.1, 0.15) is 15.9 Å². The van der Waals surface area contributed by atoms with Crippen LogP contribution in [-0.2, 0) is 0 Å². The van der Waals surface area contributed by atoms with Gasteiger partial charge < -0.3 is 5.73 Å². The number of amides is 1. The second-order valence-electron chi connectivity index (χ2n) is 4.57. The largest absolute Gasteiger partial charge is 0.366 e. The first-order valence-corrected chi connectivity index (χ1v) is 7.15. The molecule has 0 fully saturated rings. The zero-order valence-corrected chi connectivity index (χ0v) is 12.1. The summed E-state index contributed by atoms with van der Waals surface area (Å²) in [6, 6.07) is 3.65. The Balaban J connectivity index is 2.14. The molecule has 6 heteroatoms. The summed E-state index contributed by atoms with van der Waals surface area (Å²) >= 11 is 1.44. The molecular formula is C15H12N4OS. The molecule has 1 amide bonds. The summed E-state index contributed by atoms with van der Waals surface area (Å²) in [5.74, 6) is -0.496. The van der Waals surface area contributed by atoms with Gasteiger partial charge in [-0.05, 0) is 24.6 Å². The normalized spacial score (nSPS) is 10.5. The minimum Gasteiger partial charge on any atom is -0.366 e. The van der Waals surface area contributed by atoms with E-state index in [1.807, 2.05) is 18.4 Å². The van der Waals surface area contributed by atoms with Gasteiger partial charge in [-0.15, -0.1) is 11.3 Å². The van der Waals surface area contributed by atoms with Gasteiger partial charge in [-0.2, -0.15) is 0 Å². The van der Waals surface area contributed by atoms with Crippen molar-refractivity contribution < 1.29 is 4.79 Å². The number of hydrogen-bond donors (Lipinski definition) is 1. The van der Waals surface area contributed by atoms with Crippen LogP contribution >= 0.6 is 11.3 Å². The Labute approximate surface area is 125 Å². The lowest BCUT2D eigenvalue weighted by atomic mass is 10.1. The van der Waals surface area contributed by atoms with Crippen LogP contribution in [0.4, 0.5) is 0 Å². The van der Waals surface area contributed by atoms with Crippen molar-refractivity contribution in [1.82, 2.24) is 15.0 Å². The number of nitrogens with two attached hydrogens (primary N) is 1. The van der Waals surface area contributed by atoms with Gasteiger partial charge in [0, 0.05) is 41.3 Å². The van der Waals surface area contributed by atoms with E-state index in [0.29, 0.717) is 16.8 Å². The molecule has 3 aromatic rings. The molecule has 21 heavy (non-hydrogen) atoms. The fourth-order valence-electron chi connectivity index (χ4n) is 2.04. The fraction of sp³-hybridized carbons (Fsp3) is 0.0667. The summed E-state index contributed by atoms with van der Waals surface area (Å²) < 4.78 is 0. The topological polar surface area (TPSA) is 81.8 Å². The number of aryl methyl sites for hydroxylation is 1. The number of hydrogen-bond acceptors (Lipinski definition) is 5. The Hall–Kier alpha value is -2.60. The number of pyridine rings is 2. The summed E-state index contributed by atoms with van der Waals surface area (Å²) in [5, 5.41) is 2.57. The van der Waals surface area contributed by atoms with Crippen molar-refractivity contribution in [1.29, 1.82) is 0 Å². The quantitative estimate of drug-likeness (QED) is 0.805. The third-order valence-electron chi connectivity index (χ3n) is 3.00. The van der Waals surface area contributed by atoms with Gasteiger partial charge in [0.25, 0.3) is 0 Å². The smallest absolute Gasteiger partial charge is 0.249 e. The molecule has 0 bridgehead atoms. The zero-order valence-electron chi connectivity index (χ0n) is 11.3. The van der Waals surface area contributed by atoms with Crippen molar-refractivity contribution in [3.8, 4) is 21.8 Å². The highest BCUT2D eigenvalue weighted by atomic mass is 32.1. The molecule has 0 unspecified atom stereocenters. The van der Waals surface area contributed by atoms with Gasteiger partial charge in [0.15, 0.2) is 0 Å². The second kappa shape index (κ2) is 5.41. The predicted octanol–water partition coefficient (Wildman–Crippen LogP) is 2.67. The molecule has 0 radical (unpaired) electrons. The number of primary amides is 1. The van der Waals surface area contributed by atoms with Crippen LogP contribution in [0.25, 0.3) is 21.8 Å². The lowest BCUT2D eigenvalue weighted by molar-refractivity contribution is 0.100. The van der Waals surface area contributed by atoms with Gasteiger partial charge >= 0.3 is 0 Å². The van der Waals surface area contributed by atoms with E-state index >= 15 is 0 Å². The van der Waals surface area contributed by atoms with Crippen molar-refractivity contribution in [3.63, 3.8) is 0 Å². The minimum absolute atomic E-state index is 0.413. The predicted molar refractivity (Wildman–Crippen MR) is 81.8 cm³/mol. The SMILES string of the molecule is Cc1cncc(-c2cc(C(N)=O)c(-c3nccs3)cn2)c1. The van der Waals surface area contributed by atoms with Gasteiger partial charge in [-0.25, -0.2) is 4.98 Å². The Morgan fingerprint density at radius 1 is 1.19 bits per heavy atom. The fourth-order valence-corrected chi connectivity index (χ4v) is 2.70. The van der Waals surface area contributed by atoms with Gasteiger partial charge in [0.2, 0.25) is 5.91 Å². The highest BCUT2D eigenvalue weighted by Crippen LogP contribution is 2.28. The molecule has 0 spiro atoms. The molecule has 2 N–H and O–H groups in total. The number of nitrogens with zero attached hydrogens (tertiary/aromatic N) is 3. The number of aromatic nitrogens is 3. The Kier molecular flexibility index (Phi) is 3.45. The summed E-state index contributed by atoms with van der Waals surface area (Å²) in [6.45, 7) is 1.95. The number of rotatable bonds is 3. The van der Waals surface area contributed by atoms with E-state index in [4.69, 9.17) is 5.73 Å². The molecule has 3 heterocycles. The van der Waals surface area contributed by atoms with Crippen molar-refractivity contribution in [2.75, 3.05) is 0 Å². The van der Waals surface area contributed by atoms with Crippen LogP contribution in [0.5, 0.6) is 0 Å². The molecule has 0 saturated heterocycles. The average Bonchev–Trinajstić information content (AvgIpc) is 3.00. The maximum absolute atomic E-state index is 11.7. The van der Waals surface area contributed by atoms with E-state index in [2.05, 4.69) is 15.0 Å². The molecule has 0 aliphatic carbocycles. The highest BCUT2D eigenvalue weighted by Gasteiger charge is 2.14. The summed E-state index contributed by atoms with van der Waals surface area (Å²) in [7, 11) is 0.